The first-order valence-corrected chi connectivity index (χ1v) is 6.73. The summed E-state index contributed by atoms with van der Waals surface area (Å²) in [6.07, 6.45) is 9.35. The molecule has 0 spiro atoms. The van der Waals surface area contributed by atoms with E-state index in [0.29, 0.717) is 4.88 Å². The number of hydrogen-bond donors (Lipinski definition) is 0. The molecule has 0 saturated heterocycles. The van der Waals surface area contributed by atoms with Gasteiger partial charge in [0.1, 0.15) is 0 Å². The van der Waals surface area contributed by atoms with E-state index >= 15 is 0 Å². The summed E-state index contributed by atoms with van der Waals surface area (Å²) in [4.78, 5) is 17.8. The highest BCUT2D eigenvalue weighted by atomic mass is 32.1. The van der Waals surface area contributed by atoms with Gasteiger partial charge in [-0.2, -0.15) is 0 Å². The van der Waals surface area contributed by atoms with Crippen LogP contribution in [0.1, 0.15) is 41.8 Å². The topological polar surface area (TPSA) is 33.2 Å². The summed E-state index contributed by atoms with van der Waals surface area (Å²) in [6.45, 7) is 1.08. The second-order valence-corrected chi connectivity index (χ2v) is 5.59. The zero-order chi connectivity index (χ0) is 11.4. The Morgan fingerprint density at radius 3 is 2.88 bits per heavy atom. The van der Waals surface area contributed by atoms with Gasteiger partial charge in [-0.05, 0) is 18.8 Å². The van der Waals surface area contributed by atoms with E-state index in [2.05, 4.69) is 16.9 Å². The lowest BCUT2D eigenvalue weighted by Crippen LogP contribution is -2.26. The van der Waals surface area contributed by atoms with E-state index in [4.69, 9.17) is 0 Å². The summed E-state index contributed by atoms with van der Waals surface area (Å²) < 4.78 is 0. The van der Waals surface area contributed by atoms with E-state index in [0.717, 1.165) is 23.9 Å². The number of carbonyl (C=O) groups is 1. The smallest absolute Gasteiger partial charge is 0.185 e. The molecule has 0 atom stereocenters. The van der Waals surface area contributed by atoms with Gasteiger partial charge in [-0.25, -0.2) is 4.98 Å². The van der Waals surface area contributed by atoms with Crippen LogP contribution in [0.15, 0.2) is 6.20 Å². The Bertz CT molecular complexity index is 345. The van der Waals surface area contributed by atoms with Crippen molar-refractivity contribution < 1.29 is 4.79 Å². The average Bonchev–Trinajstić information content (AvgIpc) is 2.79. The highest BCUT2D eigenvalue weighted by Crippen LogP contribution is 2.27. The zero-order valence-corrected chi connectivity index (χ0v) is 10.5. The SMILES string of the molecule is CN(CC1CCCCC1)c1ncc(C=O)s1. The van der Waals surface area contributed by atoms with Crippen molar-refractivity contribution in [2.75, 3.05) is 18.5 Å². The second-order valence-electron chi connectivity index (χ2n) is 4.55. The van der Waals surface area contributed by atoms with Crippen LogP contribution in [0.4, 0.5) is 5.13 Å². The first-order chi connectivity index (χ1) is 7.79. The normalized spacial score (nSPS) is 17.3. The van der Waals surface area contributed by atoms with Gasteiger partial charge < -0.3 is 4.90 Å². The lowest BCUT2D eigenvalue weighted by molar-refractivity contribution is 0.112. The number of hydrogen-bond acceptors (Lipinski definition) is 4. The summed E-state index contributed by atoms with van der Waals surface area (Å²) in [7, 11) is 2.07. The molecule has 1 saturated carbocycles. The van der Waals surface area contributed by atoms with Crippen LogP contribution in [-0.4, -0.2) is 24.9 Å². The van der Waals surface area contributed by atoms with E-state index in [1.807, 2.05) is 0 Å². The molecule has 1 heterocycles. The number of rotatable bonds is 4. The first kappa shape index (κ1) is 11.6. The Morgan fingerprint density at radius 2 is 2.25 bits per heavy atom. The molecule has 0 unspecified atom stereocenters. The predicted molar refractivity (Wildman–Crippen MR) is 67.3 cm³/mol. The van der Waals surface area contributed by atoms with Gasteiger partial charge in [0.2, 0.25) is 0 Å². The quantitative estimate of drug-likeness (QED) is 0.756. The molecule has 0 aliphatic heterocycles. The number of carbonyl (C=O) groups excluding carboxylic acids is 1. The molecule has 16 heavy (non-hydrogen) atoms. The molecule has 1 fully saturated rings. The van der Waals surface area contributed by atoms with E-state index < -0.39 is 0 Å². The maximum absolute atomic E-state index is 10.6. The number of aldehydes is 1. The minimum Gasteiger partial charge on any atom is -0.351 e. The minimum atomic E-state index is 0.713. The molecule has 3 nitrogen and oxygen atoms in total. The van der Waals surface area contributed by atoms with Crippen molar-refractivity contribution in [3.63, 3.8) is 0 Å². The number of anilines is 1. The standard InChI is InChI=1S/C12H18N2OS/c1-14(8-10-5-3-2-4-6-10)12-13-7-11(9-15)16-12/h7,9-10H,2-6,8H2,1H3. The van der Waals surface area contributed by atoms with Gasteiger partial charge in [0, 0.05) is 13.6 Å². The van der Waals surface area contributed by atoms with Crippen LogP contribution in [0.25, 0.3) is 0 Å². The lowest BCUT2D eigenvalue weighted by atomic mass is 9.89. The van der Waals surface area contributed by atoms with Crippen molar-refractivity contribution in [3.8, 4) is 0 Å². The fourth-order valence-electron chi connectivity index (χ4n) is 2.34. The molecule has 88 valence electrons. The Morgan fingerprint density at radius 1 is 1.50 bits per heavy atom. The van der Waals surface area contributed by atoms with Crippen molar-refractivity contribution in [3.05, 3.63) is 11.1 Å². The molecule has 1 aromatic heterocycles. The molecule has 0 radical (unpaired) electrons. The maximum atomic E-state index is 10.6. The van der Waals surface area contributed by atoms with Crippen molar-refractivity contribution >= 4 is 22.8 Å². The van der Waals surface area contributed by atoms with Crippen LogP contribution in [0, 0.1) is 5.92 Å². The van der Waals surface area contributed by atoms with Crippen molar-refractivity contribution in [1.82, 2.24) is 4.98 Å². The van der Waals surface area contributed by atoms with Gasteiger partial charge in [-0.1, -0.05) is 30.6 Å². The van der Waals surface area contributed by atoms with Crippen LogP contribution in [0.3, 0.4) is 0 Å². The Hall–Kier alpha value is -0.900. The van der Waals surface area contributed by atoms with Gasteiger partial charge in [-0.3, -0.25) is 4.79 Å². The summed E-state index contributed by atoms with van der Waals surface area (Å²) in [5.74, 6) is 0.808. The Labute approximate surface area is 100 Å². The van der Waals surface area contributed by atoms with Crippen LogP contribution in [0.5, 0.6) is 0 Å². The van der Waals surface area contributed by atoms with Gasteiger partial charge in [0.15, 0.2) is 11.4 Å². The van der Waals surface area contributed by atoms with Gasteiger partial charge in [-0.15, -0.1) is 0 Å². The second kappa shape index (κ2) is 5.43. The fraction of sp³-hybridized carbons (Fsp3) is 0.667. The van der Waals surface area contributed by atoms with Gasteiger partial charge >= 0.3 is 0 Å². The summed E-state index contributed by atoms with van der Waals surface area (Å²) >= 11 is 1.48. The molecule has 2 rings (SSSR count). The molecule has 4 heteroatoms. The third-order valence-electron chi connectivity index (χ3n) is 3.21. The third-order valence-corrected chi connectivity index (χ3v) is 4.25. The summed E-state index contributed by atoms with van der Waals surface area (Å²) in [5, 5.41) is 0.965. The van der Waals surface area contributed by atoms with Gasteiger partial charge in [0.05, 0.1) is 11.1 Å². The fourth-order valence-corrected chi connectivity index (χ4v) is 3.04. The van der Waals surface area contributed by atoms with E-state index in [-0.39, 0.29) is 0 Å². The molecule has 0 aromatic carbocycles. The number of aromatic nitrogens is 1. The van der Waals surface area contributed by atoms with Crippen molar-refractivity contribution in [2.24, 2.45) is 5.92 Å². The maximum Gasteiger partial charge on any atom is 0.185 e. The highest BCUT2D eigenvalue weighted by molar-refractivity contribution is 7.17. The molecule has 0 bridgehead atoms. The molecule has 1 aromatic rings. The molecule has 0 amide bonds. The largest absolute Gasteiger partial charge is 0.351 e. The summed E-state index contributed by atoms with van der Waals surface area (Å²) in [5.41, 5.74) is 0. The minimum absolute atomic E-state index is 0.713. The molecule has 0 N–H and O–H groups in total. The lowest BCUT2D eigenvalue weighted by Gasteiger charge is -2.26. The monoisotopic (exact) mass is 238 g/mol. The van der Waals surface area contributed by atoms with E-state index in [1.165, 1.54) is 43.4 Å². The van der Waals surface area contributed by atoms with E-state index in [1.54, 1.807) is 6.20 Å². The van der Waals surface area contributed by atoms with Crippen molar-refractivity contribution in [2.45, 2.75) is 32.1 Å². The highest BCUT2D eigenvalue weighted by Gasteiger charge is 2.16. The molecule has 1 aliphatic rings. The first-order valence-electron chi connectivity index (χ1n) is 5.91. The molecular weight excluding hydrogens is 220 g/mol. The van der Waals surface area contributed by atoms with Crippen LogP contribution in [0.2, 0.25) is 0 Å². The number of thiazole rings is 1. The zero-order valence-electron chi connectivity index (χ0n) is 9.69. The Balaban J connectivity index is 1.90. The number of nitrogens with zero attached hydrogens (tertiary/aromatic N) is 2. The molecule has 1 aliphatic carbocycles. The summed E-state index contributed by atoms with van der Waals surface area (Å²) in [6, 6.07) is 0. The van der Waals surface area contributed by atoms with E-state index in [9.17, 15) is 4.79 Å². The van der Waals surface area contributed by atoms with Crippen LogP contribution >= 0.6 is 11.3 Å². The average molecular weight is 238 g/mol. The van der Waals surface area contributed by atoms with Crippen molar-refractivity contribution in [1.29, 1.82) is 0 Å². The third kappa shape index (κ3) is 2.82. The van der Waals surface area contributed by atoms with Gasteiger partial charge in [0.25, 0.3) is 0 Å². The van der Waals surface area contributed by atoms with Crippen LogP contribution in [-0.2, 0) is 0 Å². The van der Waals surface area contributed by atoms with Crippen LogP contribution < -0.4 is 4.90 Å². The predicted octanol–water partition coefficient (Wildman–Crippen LogP) is 2.97. The Kier molecular flexibility index (Phi) is 3.93. The molecular formula is C12H18N2OS.